The maximum Gasteiger partial charge on any atom is 0.0303 e. The van der Waals surface area contributed by atoms with E-state index in [1.54, 1.807) is 0 Å². The number of hydrogen-bond donors (Lipinski definition) is 1. The Hall–Kier alpha value is -0.340. The zero-order chi connectivity index (χ0) is 13.4. The van der Waals surface area contributed by atoms with Crippen LogP contribution in [0, 0.1) is 5.92 Å². The number of halogens is 1. The maximum atomic E-state index is 3.67. The van der Waals surface area contributed by atoms with E-state index in [1.165, 1.54) is 35.7 Å². The minimum absolute atomic E-state index is 0.413. The van der Waals surface area contributed by atoms with E-state index in [9.17, 15) is 0 Å². The molecule has 1 rings (SSSR count). The Labute approximate surface area is 120 Å². The molecule has 0 aromatic heterocycles. The fourth-order valence-electron chi connectivity index (χ4n) is 2.22. The summed E-state index contributed by atoms with van der Waals surface area (Å²) in [5.74, 6) is 0.815. The van der Waals surface area contributed by atoms with Gasteiger partial charge in [-0.2, -0.15) is 0 Å². The molecule has 2 atom stereocenters. The molecule has 1 nitrogen and oxygen atoms in total. The Morgan fingerprint density at radius 3 is 2.56 bits per heavy atom. The van der Waals surface area contributed by atoms with Gasteiger partial charge in [-0.15, -0.1) is 0 Å². The van der Waals surface area contributed by atoms with Crippen molar-refractivity contribution in [1.29, 1.82) is 0 Å². The van der Waals surface area contributed by atoms with Crippen LogP contribution in [0.3, 0.4) is 0 Å². The van der Waals surface area contributed by atoms with Gasteiger partial charge in [0.2, 0.25) is 0 Å². The maximum absolute atomic E-state index is 3.67. The van der Waals surface area contributed by atoms with Crippen LogP contribution in [-0.2, 0) is 0 Å². The van der Waals surface area contributed by atoms with E-state index in [0.717, 1.165) is 12.5 Å². The van der Waals surface area contributed by atoms with Crippen molar-refractivity contribution in [2.24, 2.45) is 5.92 Å². The number of benzene rings is 1. The van der Waals surface area contributed by atoms with Crippen LogP contribution in [-0.4, -0.2) is 6.54 Å². The third-order valence-electron chi connectivity index (χ3n) is 3.63. The summed E-state index contributed by atoms with van der Waals surface area (Å²) in [5, 5.41) is 3.67. The van der Waals surface area contributed by atoms with Gasteiger partial charge in [-0.3, -0.25) is 0 Å². The lowest BCUT2D eigenvalue weighted by molar-refractivity contribution is 0.398. The van der Waals surface area contributed by atoms with Gasteiger partial charge in [0.15, 0.2) is 0 Å². The SMILES string of the molecule is CCCCC(CC)CNC(C)c1ccccc1Br. The van der Waals surface area contributed by atoms with Crippen molar-refractivity contribution in [3.8, 4) is 0 Å². The van der Waals surface area contributed by atoms with Gasteiger partial charge in [-0.05, 0) is 37.4 Å². The third kappa shape index (κ3) is 5.11. The second-order valence-corrected chi connectivity index (χ2v) is 5.92. The fourth-order valence-corrected chi connectivity index (χ4v) is 2.85. The molecule has 0 heterocycles. The molecule has 0 saturated carbocycles. The van der Waals surface area contributed by atoms with Crippen LogP contribution in [0.25, 0.3) is 0 Å². The van der Waals surface area contributed by atoms with Crippen LogP contribution in [0.1, 0.15) is 58.1 Å². The van der Waals surface area contributed by atoms with Gasteiger partial charge in [0, 0.05) is 10.5 Å². The highest BCUT2D eigenvalue weighted by atomic mass is 79.9. The Kier molecular flexibility index (Phi) is 7.60. The minimum Gasteiger partial charge on any atom is -0.310 e. The summed E-state index contributed by atoms with van der Waals surface area (Å²) in [5.41, 5.74) is 1.35. The van der Waals surface area contributed by atoms with E-state index in [4.69, 9.17) is 0 Å². The summed E-state index contributed by atoms with van der Waals surface area (Å²) in [7, 11) is 0. The van der Waals surface area contributed by atoms with E-state index in [0.29, 0.717) is 6.04 Å². The quantitative estimate of drug-likeness (QED) is 0.685. The predicted octanol–water partition coefficient (Wildman–Crippen LogP) is 5.32. The Morgan fingerprint density at radius 2 is 1.94 bits per heavy atom. The van der Waals surface area contributed by atoms with Crippen molar-refractivity contribution in [2.75, 3.05) is 6.54 Å². The number of unbranched alkanes of at least 4 members (excludes halogenated alkanes) is 1. The summed E-state index contributed by atoms with van der Waals surface area (Å²) in [6, 6.07) is 8.89. The lowest BCUT2D eigenvalue weighted by Gasteiger charge is -2.20. The van der Waals surface area contributed by atoms with E-state index in [2.05, 4.69) is 66.3 Å². The number of nitrogens with one attached hydrogen (secondary N) is 1. The molecule has 1 aromatic rings. The molecular weight excluding hydrogens is 286 g/mol. The van der Waals surface area contributed by atoms with Crippen LogP contribution < -0.4 is 5.32 Å². The molecule has 0 aliphatic rings. The topological polar surface area (TPSA) is 12.0 Å². The van der Waals surface area contributed by atoms with Gasteiger partial charge in [0.25, 0.3) is 0 Å². The Bertz CT molecular complexity index is 338. The first kappa shape index (κ1) is 15.7. The standard InChI is InChI=1S/C16H26BrN/c1-4-6-9-14(5-2)12-18-13(3)15-10-7-8-11-16(15)17/h7-8,10-11,13-14,18H,4-6,9,12H2,1-3H3. The second kappa shape index (κ2) is 8.71. The smallest absolute Gasteiger partial charge is 0.0303 e. The zero-order valence-corrected chi connectivity index (χ0v) is 13.5. The van der Waals surface area contributed by atoms with Crippen LogP contribution in [0.15, 0.2) is 28.7 Å². The monoisotopic (exact) mass is 311 g/mol. The highest BCUT2D eigenvalue weighted by molar-refractivity contribution is 9.10. The first-order valence-electron chi connectivity index (χ1n) is 7.16. The van der Waals surface area contributed by atoms with Crippen molar-refractivity contribution in [2.45, 2.75) is 52.5 Å². The molecule has 0 radical (unpaired) electrons. The molecule has 2 unspecified atom stereocenters. The van der Waals surface area contributed by atoms with E-state index >= 15 is 0 Å². The lowest BCUT2D eigenvalue weighted by Crippen LogP contribution is -2.25. The molecule has 0 aliphatic carbocycles. The van der Waals surface area contributed by atoms with Gasteiger partial charge < -0.3 is 5.32 Å². The predicted molar refractivity (Wildman–Crippen MR) is 83.9 cm³/mol. The molecule has 102 valence electrons. The van der Waals surface area contributed by atoms with Crippen LogP contribution in [0.2, 0.25) is 0 Å². The second-order valence-electron chi connectivity index (χ2n) is 5.07. The number of hydrogen-bond acceptors (Lipinski definition) is 1. The summed E-state index contributed by atoms with van der Waals surface area (Å²) in [6.45, 7) is 7.93. The molecule has 0 bridgehead atoms. The molecular formula is C16H26BrN. The highest BCUT2D eigenvalue weighted by Gasteiger charge is 2.11. The van der Waals surface area contributed by atoms with Crippen LogP contribution in [0.4, 0.5) is 0 Å². The molecule has 0 spiro atoms. The summed E-state index contributed by atoms with van der Waals surface area (Å²) >= 11 is 3.62. The first-order valence-corrected chi connectivity index (χ1v) is 7.96. The molecule has 1 aromatic carbocycles. The normalized spacial score (nSPS) is 14.4. The van der Waals surface area contributed by atoms with Crippen molar-refractivity contribution < 1.29 is 0 Å². The molecule has 0 aliphatic heterocycles. The molecule has 18 heavy (non-hydrogen) atoms. The van der Waals surface area contributed by atoms with Gasteiger partial charge in [-0.25, -0.2) is 0 Å². The number of rotatable bonds is 8. The zero-order valence-electron chi connectivity index (χ0n) is 11.9. The summed E-state index contributed by atoms with van der Waals surface area (Å²) in [6.07, 6.45) is 5.28. The molecule has 0 amide bonds. The molecule has 0 saturated heterocycles. The van der Waals surface area contributed by atoms with E-state index in [-0.39, 0.29) is 0 Å². The van der Waals surface area contributed by atoms with Crippen molar-refractivity contribution >= 4 is 15.9 Å². The highest BCUT2D eigenvalue weighted by Crippen LogP contribution is 2.23. The van der Waals surface area contributed by atoms with Crippen molar-refractivity contribution in [1.82, 2.24) is 5.32 Å². The first-order chi connectivity index (χ1) is 8.69. The van der Waals surface area contributed by atoms with Gasteiger partial charge in [0.1, 0.15) is 0 Å². The van der Waals surface area contributed by atoms with E-state index < -0.39 is 0 Å². The summed E-state index contributed by atoms with van der Waals surface area (Å²) in [4.78, 5) is 0. The molecule has 2 heteroatoms. The Balaban J connectivity index is 2.44. The summed E-state index contributed by atoms with van der Waals surface area (Å²) < 4.78 is 1.20. The van der Waals surface area contributed by atoms with Crippen molar-refractivity contribution in [3.63, 3.8) is 0 Å². The van der Waals surface area contributed by atoms with E-state index in [1.807, 2.05) is 0 Å². The average Bonchev–Trinajstić information content (AvgIpc) is 2.39. The lowest BCUT2D eigenvalue weighted by atomic mass is 9.98. The molecule has 0 fully saturated rings. The van der Waals surface area contributed by atoms with Crippen LogP contribution >= 0.6 is 15.9 Å². The largest absolute Gasteiger partial charge is 0.310 e. The van der Waals surface area contributed by atoms with Gasteiger partial charge in [0.05, 0.1) is 0 Å². The van der Waals surface area contributed by atoms with Gasteiger partial charge in [-0.1, -0.05) is 67.2 Å². The van der Waals surface area contributed by atoms with Gasteiger partial charge >= 0.3 is 0 Å². The third-order valence-corrected chi connectivity index (χ3v) is 4.35. The van der Waals surface area contributed by atoms with Crippen LogP contribution in [0.5, 0.6) is 0 Å². The fraction of sp³-hybridized carbons (Fsp3) is 0.625. The Morgan fingerprint density at radius 1 is 1.22 bits per heavy atom. The molecule has 1 N–H and O–H groups in total. The minimum atomic E-state index is 0.413. The average molecular weight is 312 g/mol. The van der Waals surface area contributed by atoms with Crippen molar-refractivity contribution in [3.05, 3.63) is 34.3 Å².